The van der Waals surface area contributed by atoms with Crippen LogP contribution in [0.3, 0.4) is 0 Å². The number of aryl methyl sites for hydroxylation is 2. The average Bonchev–Trinajstić information content (AvgIpc) is 3.13. The minimum atomic E-state index is -4.06. The number of nitrogens with zero attached hydrogens (tertiary/aromatic N) is 3. The number of hydrogen-bond acceptors (Lipinski definition) is 9. The number of likely N-dealkylation sites (N-methyl/N-ethyl adjacent to an activating group) is 1. The van der Waals surface area contributed by atoms with Crippen LogP contribution in [0, 0.1) is 19.8 Å². The van der Waals surface area contributed by atoms with Gasteiger partial charge in [0.2, 0.25) is 10.0 Å². The Balaban J connectivity index is 2.04. The summed E-state index contributed by atoms with van der Waals surface area (Å²) < 4.78 is 64.7. The number of amides is 1. The molecule has 3 rings (SSSR count). The first-order valence-electron chi connectivity index (χ1n) is 11.2. The lowest BCUT2D eigenvalue weighted by molar-refractivity contribution is 0.0387. The van der Waals surface area contributed by atoms with Crippen LogP contribution in [0.1, 0.15) is 35.7 Å². The van der Waals surface area contributed by atoms with E-state index in [2.05, 4.69) is 9.88 Å². The van der Waals surface area contributed by atoms with E-state index in [4.69, 9.17) is 9.26 Å². The van der Waals surface area contributed by atoms with Crippen LogP contribution in [0.25, 0.3) is 0 Å². The molecule has 1 amide bonds. The lowest BCUT2D eigenvalue weighted by atomic mass is 9.99. The molecule has 0 bridgehead atoms. The number of sulfonamides is 2. The Morgan fingerprint density at radius 2 is 1.94 bits per heavy atom. The second-order valence-corrected chi connectivity index (χ2v) is 12.8. The third-order valence-corrected chi connectivity index (χ3v) is 9.06. The summed E-state index contributed by atoms with van der Waals surface area (Å²) in [6.07, 6.45) is 0.477. The van der Waals surface area contributed by atoms with Crippen LogP contribution in [0.15, 0.2) is 27.6 Å². The SMILES string of the molecule is Cc1noc(C)c1S(=O)(=O)Nc1ccc2c(c1)C(=O)N([C@@H](C)CO)C[C@H](C)[C@@H](CN(C)S(C)(=O)=O)O2. The summed E-state index contributed by atoms with van der Waals surface area (Å²) in [5.74, 6) is -0.431. The van der Waals surface area contributed by atoms with Gasteiger partial charge in [0.15, 0.2) is 10.7 Å². The molecule has 0 saturated heterocycles. The zero-order valence-electron chi connectivity index (χ0n) is 21.0. The number of nitrogens with one attached hydrogen (secondary N) is 1. The lowest BCUT2D eigenvalue weighted by Crippen LogP contribution is -2.50. The van der Waals surface area contributed by atoms with Crippen LogP contribution >= 0.6 is 0 Å². The molecule has 0 fully saturated rings. The van der Waals surface area contributed by atoms with Gasteiger partial charge >= 0.3 is 0 Å². The molecule has 12 nitrogen and oxygen atoms in total. The van der Waals surface area contributed by atoms with Crippen LogP contribution in [0.4, 0.5) is 5.69 Å². The van der Waals surface area contributed by atoms with Crippen molar-refractivity contribution in [2.75, 3.05) is 37.7 Å². The quantitative estimate of drug-likeness (QED) is 0.498. The summed E-state index contributed by atoms with van der Waals surface area (Å²) >= 11 is 0. The molecule has 0 radical (unpaired) electrons. The second kappa shape index (κ2) is 10.4. The number of fused-ring (bicyclic) bond motifs is 1. The summed E-state index contributed by atoms with van der Waals surface area (Å²) in [7, 11) is -6.10. The molecule has 1 aromatic carbocycles. The number of benzene rings is 1. The molecule has 14 heteroatoms. The van der Waals surface area contributed by atoms with Gasteiger partial charge in [-0.1, -0.05) is 12.1 Å². The molecule has 2 N–H and O–H groups in total. The predicted octanol–water partition coefficient (Wildman–Crippen LogP) is 1.20. The van der Waals surface area contributed by atoms with Crippen LogP contribution < -0.4 is 9.46 Å². The molecule has 36 heavy (non-hydrogen) atoms. The normalized spacial score (nSPS) is 19.9. The smallest absolute Gasteiger partial charge is 0.267 e. The number of aliphatic hydroxyl groups excluding tert-OH is 1. The van der Waals surface area contributed by atoms with Gasteiger partial charge in [0.25, 0.3) is 15.9 Å². The van der Waals surface area contributed by atoms with E-state index in [-0.39, 0.29) is 59.0 Å². The third kappa shape index (κ3) is 5.82. The number of aliphatic hydroxyl groups is 1. The minimum Gasteiger partial charge on any atom is -0.488 e. The molecule has 0 unspecified atom stereocenters. The lowest BCUT2D eigenvalue weighted by Gasteiger charge is -2.38. The van der Waals surface area contributed by atoms with E-state index in [1.54, 1.807) is 6.92 Å². The standard InChI is InChI=1S/C22H32N4O8S2/c1-13-10-26(14(2)12-27)22(28)18-9-17(24-36(31,32)21-15(3)23-34-16(21)4)7-8-19(18)33-20(13)11-25(5)35(6,29)30/h7-9,13-14,20,24,27H,10-12H2,1-6H3/t13-,14-,20+/m0/s1. The molecule has 2 heterocycles. The number of carbonyl (C=O) groups is 1. The van der Waals surface area contributed by atoms with Crippen molar-refractivity contribution in [3.8, 4) is 5.75 Å². The predicted molar refractivity (Wildman–Crippen MR) is 132 cm³/mol. The summed E-state index contributed by atoms with van der Waals surface area (Å²) in [6.45, 7) is 6.45. The number of ether oxygens (including phenoxy) is 1. The molecule has 3 atom stereocenters. The molecule has 1 aliphatic heterocycles. The fourth-order valence-corrected chi connectivity index (χ4v) is 5.76. The van der Waals surface area contributed by atoms with E-state index in [0.717, 1.165) is 6.26 Å². The number of carbonyl (C=O) groups excluding carboxylic acids is 1. The van der Waals surface area contributed by atoms with Gasteiger partial charge in [0.1, 0.15) is 17.5 Å². The van der Waals surface area contributed by atoms with Crippen LogP contribution in [0.2, 0.25) is 0 Å². The molecule has 0 aliphatic carbocycles. The zero-order valence-corrected chi connectivity index (χ0v) is 22.7. The van der Waals surface area contributed by atoms with Gasteiger partial charge in [-0.25, -0.2) is 21.1 Å². The van der Waals surface area contributed by atoms with Crippen molar-refractivity contribution in [2.24, 2.45) is 5.92 Å². The molecule has 1 aliphatic rings. The Bertz CT molecular complexity index is 1320. The molecule has 1 aromatic heterocycles. The number of aromatic nitrogens is 1. The third-order valence-electron chi connectivity index (χ3n) is 6.16. The van der Waals surface area contributed by atoms with Gasteiger partial charge in [0.05, 0.1) is 31.0 Å². The maximum atomic E-state index is 13.5. The van der Waals surface area contributed by atoms with Gasteiger partial charge in [-0.15, -0.1) is 0 Å². The van der Waals surface area contributed by atoms with Crippen molar-refractivity contribution in [3.63, 3.8) is 0 Å². The summed E-state index contributed by atoms with van der Waals surface area (Å²) in [5.41, 5.74) is 0.384. The number of anilines is 1. The minimum absolute atomic E-state index is 0.0371. The highest BCUT2D eigenvalue weighted by Gasteiger charge is 2.35. The van der Waals surface area contributed by atoms with Gasteiger partial charge in [-0.3, -0.25) is 9.52 Å². The first kappa shape index (κ1) is 27.9. The Morgan fingerprint density at radius 1 is 1.28 bits per heavy atom. The summed E-state index contributed by atoms with van der Waals surface area (Å²) in [6, 6.07) is 3.73. The van der Waals surface area contributed by atoms with E-state index >= 15 is 0 Å². The second-order valence-electron chi connectivity index (χ2n) is 9.14. The Hall–Kier alpha value is -2.68. The Labute approximate surface area is 211 Å². The molecule has 2 aromatic rings. The van der Waals surface area contributed by atoms with Crippen molar-refractivity contribution >= 4 is 31.6 Å². The summed E-state index contributed by atoms with van der Waals surface area (Å²) in [4.78, 5) is 14.9. The first-order valence-corrected chi connectivity index (χ1v) is 14.6. The van der Waals surface area contributed by atoms with E-state index in [1.807, 2.05) is 6.92 Å². The number of rotatable bonds is 8. The topological polar surface area (TPSA) is 159 Å². The van der Waals surface area contributed by atoms with Crippen LogP contribution in [-0.2, 0) is 20.0 Å². The maximum Gasteiger partial charge on any atom is 0.267 e. The highest BCUT2D eigenvalue weighted by Crippen LogP contribution is 2.32. The maximum absolute atomic E-state index is 13.5. The van der Waals surface area contributed by atoms with E-state index in [9.17, 15) is 26.7 Å². The van der Waals surface area contributed by atoms with E-state index in [1.165, 1.54) is 48.3 Å². The highest BCUT2D eigenvalue weighted by molar-refractivity contribution is 7.92. The van der Waals surface area contributed by atoms with Crippen molar-refractivity contribution in [1.29, 1.82) is 0 Å². The Kier molecular flexibility index (Phi) is 8.03. The van der Waals surface area contributed by atoms with Crippen molar-refractivity contribution in [3.05, 3.63) is 35.2 Å². The van der Waals surface area contributed by atoms with Gasteiger partial charge in [-0.2, -0.15) is 0 Å². The van der Waals surface area contributed by atoms with E-state index < -0.39 is 38.1 Å². The molecule has 200 valence electrons. The first-order chi connectivity index (χ1) is 16.7. The number of hydrogen-bond donors (Lipinski definition) is 2. The Morgan fingerprint density at radius 3 is 2.50 bits per heavy atom. The van der Waals surface area contributed by atoms with Crippen molar-refractivity contribution < 1.29 is 36.0 Å². The molecule has 0 spiro atoms. The summed E-state index contributed by atoms with van der Waals surface area (Å²) in [5, 5.41) is 13.4. The molecular formula is C22H32N4O8S2. The van der Waals surface area contributed by atoms with Crippen molar-refractivity contribution in [2.45, 2.75) is 44.7 Å². The zero-order chi connectivity index (χ0) is 27.0. The van der Waals surface area contributed by atoms with Crippen LogP contribution in [0.5, 0.6) is 5.75 Å². The van der Waals surface area contributed by atoms with Crippen molar-refractivity contribution in [1.82, 2.24) is 14.4 Å². The fraction of sp³-hybridized carbons (Fsp3) is 0.545. The largest absolute Gasteiger partial charge is 0.488 e. The average molecular weight is 545 g/mol. The molecule has 0 saturated carbocycles. The highest BCUT2D eigenvalue weighted by atomic mass is 32.2. The monoisotopic (exact) mass is 544 g/mol. The van der Waals surface area contributed by atoms with E-state index in [0.29, 0.717) is 0 Å². The van der Waals surface area contributed by atoms with Gasteiger partial charge < -0.3 is 19.3 Å². The fourth-order valence-electron chi connectivity index (χ4n) is 3.96. The van der Waals surface area contributed by atoms with Gasteiger partial charge in [0, 0.05) is 25.2 Å². The van der Waals surface area contributed by atoms with Crippen LogP contribution in [-0.4, -0.2) is 87.4 Å². The van der Waals surface area contributed by atoms with Gasteiger partial charge in [-0.05, 0) is 39.0 Å². The molecular weight excluding hydrogens is 512 g/mol.